The molecule has 0 atom stereocenters. The molecule has 0 aliphatic heterocycles. The Morgan fingerprint density at radius 1 is 1.58 bits per heavy atom. The number of hydrogen-bond donors (Lipinski definition) is 1. The van der Waals surface area contributed by atoms with Crippen LogP contribution < -0.4 is 10.5 Å². The Kier molecular flexibility index (Phi) is 2.82. The van der Waals surface area contributed by atoms with Crippen LogP contribution in [0.4, 0.5) is 0 Å². The molecule has 5 nitrogen and oxygen atoms in total. The van der Waals surface area contributed by atoms with E-state index in [0.717, 1.165) is 0 Å². The van der Waals surface area contributed by atoms with Gasteiger partial charge < -0.3 is 10.5 Å². The molecule has 1 amide bonds. The fourth-order valence-corrected chi connectivity index (χ4v) is 0.627. The van der Waals surface area contributed by atoms with Gasteiger partial charge in [-0.15, -0.1) is 0 Å². The van der Waals surface area contributed by atoms with Crippen LogP contribution in [0.1, 0.15) is 0 Å². The molecule has 64 valence electrons. The zero-order chi connectivity index (χ0) is 8.97. The van der Waals surface area contributed by atoms with Crippen LogP contribution in [0.25, 0.3) is 0 Å². The van der Waals surface area contributed by atoms with Gasteiger partial charge in [0.2, 0.25) is 5.28 Å². The number of amides is 1. The molecule has 0 aromatic carbocycles. The molecular formula is C6H6ClN3O2. The van der Waals surface area contributed by atoms with Crippen LogP contribution in [0.2, 0.25) is 5.28 Å². The first kappa shape index (κ1) is 8.73. The minimum Gasteiger partial charge on any atom is -0.481 e. The van der Waals surface area contributed by atoms with Gasteiger partial charge in [-0.05, 0) is 11.6 Å². The Balaban J connectivity index is 2.53. The molecule has 2 N–H and O–H groups in total. The molecule has 0 radical (unpaired) electrons. The van der Waals surface area contributed by atoms with Crippen LogP contribution in [0, 0.1) is 0 Å². The smallest absolute Gasteiger partial charge is 0.255 e. The molecule has 1 aromatic rings. The average molecular weight is 188 g/mol. The van der Waals surface area contributed by atoms with Crippen LogP contribution in [-0.4, -0.2) is 22.5 Å². The van der Waals surface area contributed by atoms with Gasteiger partial charge in [-0.1, -0.05) is 0 Å². The molecule has 6 heteroatoms. The summed E-state index contributed by atoms with van der Waals surface area (Å²) < 4.78 is 4.86. The second kappa shape index (κ2) is 3.87. The summed E-state index contributed by atoms with van der Waals surface area (Å²) in [5.74, 6) is -0.192. The molecule has 0 fully saturated rings. The van der Waals surface area contributed by atoms with Crippen molar-refractivity contribution < 1.29 is 9.53 Å². The molecule has 0 saturated heterocycles. The van der Waals surface area contributed by atoms with Crippen molar-refractivity contribution in [3.8, 4) is 5.75 Å². The molecule has 1 aromatic heterocycles. The molecule has 1 rings (SSSR count). The summed E-state index contributed by atoms with van der Waals surface area (Å²) in [6, 6.07) is 0. The molecule has 0 unspecified atom stereocenters. The number of nitrogens with two attached hydrogens (primary N) is 1. The van der Waals surface area contributed by atoms with E-state index in [4.69, 9.17) is 22.1 Å². The Morgan fingerprint density at radius 2 is 2.17 bits per heavy atom. The maximum atomic E-state index is 10.3. The van der Waals surface area contributed by atoms with Gasteiger partial charge in [0.25, 0.3) is 5.91 Å². The fraction of sp³-hybridized carbons (Fsp3) is 0.167. The average Bonchev–Trinajstić information content (AvgIpc) is 2.03. The number of carbonyl (C=O) groups excluding carboxylic acids is 1. The Morgan fingerprint density at radius 3 is 2.67 bits per heavy atom. The molecule has 0 aliphatic carbocycles. The summed E-state index contributed by atoms with van der Waals surface area (Å²) in [5.41, 5.74) is 4.84. The zero-order valence-corrected chi connectivity index (χ0v) is 6.78. The minimum absolute atomic E-state index is 0.126. The third-order valence-electron chi connectivity index (χ3n) is 0.978. The van der Waals surface area contributed by atoms with Gasteiger partial charge in [-0.3, -0.25) is 4.79 Å². The van der Waals surface area contributed by atoms with Gasteiger partial charge in [0, 0.05) is 0 Å². The lowest BCUT2D eigenvalue weighted by atomic mass is 10.6. The Bertz CT molecular complexity index is 275. The van der Waals surface area contributed by atoms with Crippen molar-refractivity contribution in [1.82, 2.24) is 9.97 Å². The van der Waals surface area contributed by atoms with E-state index < -0.39 is 5.91 Å². The number of aromatic nitrogens is 2. The lowest BCUT2D eigenvalue weighted by Gasteiger charge is -2.00. The Hall–Kier alpha value is -1.36. The predicted octanol–water partition coefficient (Wildman–Crippen LogP) is -0.00590. The minimum atomic E-state index is -0.551. The fourth-order valence-electron chi connectivity index (χ4n) is 0.529. The molecular weight excluding hydrogens is 182 g/mol. The van der Waals surface area contributed by atoms with E-state index in [1.165, 1.54) is 12.4 Å². The van der Waals surface area contributed by atoms with E-state index in [1.54, 1.807) is 0 Å². The maximum absolute atomic E-state index is 10.3. The summed E-state index contributed by atoms with van der Waals surface area (Å²) in [4.78, 5) is 17.5. The Labute approximate surface area is 73.5 Å². The molecule has 0 saturated carbocycles. The number of rotatable bonds is 3. The van der Waals surface area contributed by atoms with E-state index in [-0.39, 0.29) is 11.9 Å². The number of nitrogens with zero attached hydrogens (tertiary/aromatic N) is 2. The van der Waals surface area contributed by atoms with Crippen molar-refractivity contribution in [2.24, 2.45) is 5.73 Å². The molecule has 0 bridgehead atoms. The highest BCUT2D eigenvalue weighted by atomic mass is 35.5. The standard InChI is InChI=1S/C6H6ClN3O2/c7-6-9-1-4(2-10-6)12-3-5(8)11/h1-2H,3H2,(H2,8,11). The van der Waals surface area contributed by atoms with Crippen LogP contribution in [-0.2, 0) is 4.79 Å². The molecule has 0 spiro atoms. The summed E-state index contributed by atoms with van der Waals surface area (Å²) in [7, 11) is 0. The van der Waals surface area contributed by atoms with Crippen LogP contribution in [0.5, 0.6) is 5.75 Å². The number of carbonyl (C=O) groups is 1. The lowest BCUT2D eigenvalue weighted by Crippen LogP contribution is -2.20. The van der Waals surface area contributed by atoms with Gasteiger partial charge in [0.15, 0.2) is 12.4 Å². The summed E-state index contributed by atoms with van der Waals surface area (Å²) in [6.07, 6.45) is 2.72. The molecule has 1 heterocycles. The van der Waals surface area contributed by atoms with Crippen molar-refractivity contribution in [3.63, 3.8) is 0 Å². The van der Waals surface area contributed by atoms with Gasteiger partial charge in [0.1, 0.15) is 0 Å². The van der Waals surface area contributed by atoms with Crippen LogP contribution >= 0.6 is 11.6 Å². The van der Waals surface area contributed by atoms with E-state index in [1.807, 2.05) is 0 Å². The second-order valence-electron chi connectivity index (χ2n) is 1.94. The normalized spacial score (nSPS) is 9.42. The highest BCUT2D eigenvalue weighted by molar-refractivity contribution is 6.28. The maximum Gasteiger partial charge on any atom is 0.255 e. The summed E-state index contributed by atoms with van der Waals surface area (Å²) in [5, 5.41) is 0.126. The second-order valence-corrected chi connectivity index (χ2v) is 2.28. The van der Waals surface area contributed by atoms with E-state index >= 15 is 0 Å². The topological polar surface area (TPSA) is 78.1 Å². The van der Waals surface area contributed by atoms with Crippen LogP contribution in [0.3, 0.4) is 0 Å². The number of primary amides is 1. The van der Waals surface area contributed by atoms with Gasteiger partial charge in [-0.2, -0.15) is 0 Å². The van der Waals surface area contributed by atoms with E-state index in [2.05, 4.69) is 9.97 Å². The SMILES string of the molecule is NC(=O)COc1cnc(Cl)nc1. The summed E-state index contributed by atoms with van der Waals surface area (Å²) in [6.45, 7) is -0.189. The first-order valence-corrected chi connectivity index (χ1v) is 3.45. The summed E-state index contributed by atoms with van der Waals surface area (Å²) >= 11 is 5.40. The third-order valence-corrected chi connectivity index (χ3v) is 1.17. The van der Waals surface area contributed by atoms with Crippen molar-refractivity contribution >= 4 is 17.5 Å². The highest BCUT2D eigenvalue weighted by Gasteiger charge is 1.97. The quantitative estimate of drug-likeness (QED) is 0.676. The molecule has 0 aliphatic rings. The molecule has 12 heavy (non-hydrogen) atoms. The highest BCUT2D eigenvalue weighted by Crippen LogP contribution is 2.07. The van der Waals surface area contributed by atoms with Gasteiger partial charge in [-0.25, -0.2) is 9.97 Å². The number of halogens is 1. The van der Waals surface area contributed by atoms with Crippen molar-refractivity contribution in [3.05, 3.63) is 17.7 Å². The number of hydrogen-bond acceptors (Lipinski definition) is 4. The van der Waals surface area contributed by atoms with Gasteiger partial charge >= 0.3 is 0 Å². The largest absolute Gasteiger partial charge is 0.481 e. The lowest BCUT2D eigenvalue weighted by molar-refractivity contribution is -0.119. The predicted molar refractivity (Wildman–Crippen MR) is 41.7 cm³/mol. The van der Waals surface area contributed by atoms with Crippen molar-refractivity contribution in [1.29, 1.82) is 0 Å². The van der Waals surface area contributed by atoms with E-state index in [9.17, 15) is 4.79 Å². The van der Waals surface area contributed by atoms with Crippen molar-refractivity contribution in [2.45, 2.75) is 0 Å². The van der Waals surface area contributed by atoms with Crippen molar-refractivity contribution in [2.75, 3.05) is 6.61 Å². The van der Waals surface area contributed by atoms with Gasteiger partial charge in [0.05, 0.1) is 12.4 Å². The number of ether oxygens (including phenoxy) is 1. The van der Waals surface area contributed by atoms with E-state index in [0.29, 0.717) is 5.75 Å². The first-order valence-electron chi connectivity index (χ1n) is 3.07. The first-order chi connectivity index (χ1) is 5.68. The zero-order valence-electron chi connectivity index (χ0n) is 6.03. The monoisotopic (exact) mass is 187 g/mol. The van der Waals surface area contributed by atoms with Crippen LogP contribution in [0.15, 0.2) is 12.4 Å². The third kappa shape index (κ3) is 2.71.